The van der Waals surface area contributed by atoms with Gasteiger partial charge in [0.05, 0.1) is 0 Å². The summed E-state index contributed by atoms with van der Waals surface area (Å²) in [4.78, 5) is 25.8. The summed E-state index contributed by atoms with van der Waals surface area (Å²) in [7, 11) is 0. The van der Waals surface area contributed by atoms with Gasteiger partial charge in [0.25, 0.3) is 0 Å². The SMILES string of the molecule is C=C(C)C(=O)N1CC(C)N(C(=O)O)CC1C. The molecular formula is C11H18N2O3. The average molecular weight is 226 g/mol. The lowest BCUT2D eigenvalue weighted by Crippen LogP contribution is -2.59. The molecule has 1 saturated heterocycles. The highest BCUT2D eigenvalue weighted by Gasteiger charge is 2.34. The summed E-state index contributed by atoms with van der Waals surface area (Å²) in [5.74, 6) is -0.0932. The van der Waals surface area contributed by atoms with Crippen molar-refractivity contribution >= 4 is 12.0 Å². The van der Waals surface area contributed by atoms with Crippen molar-refractivity contribution in [2.75, 3.05) is 13.1 Å². The van der Waals surface area contributed by atoms with Crippen LogP contribution in [-0.4, -0.2) is 52.1 Å². The third-order valence-electron chi connectivity index (χ3n) is 2.86. The first-order valence-corrected chi connectivity index (χ1v) is 5.30. The molecule has 0 radical (unpaired) electrons. The lowest BCUT2D eigenvalue weighted by molar-refractivity contribution is -0.132. The van der Waals surface area contributed by atoms with E-state index in [1.165, 1.54) is 4.90 Å². The second kappa shape index (κ2) is 4.55. The van der Waals surface area contributed by atoms with Crippen LogP contribution in [0.5, 0.6) is 0 Å². The maximum Gasteiger partial charge on any atom is 0.407 e. The van der Waals surface area contributed by atoms with Crippen LogP contribution in [0.25, 0.3) is 0 Å². The van der Waals surface area contributed by atoms with E-state index in [-0.39, 0.29) is 18.0 Å². The van der Waals surface area contributed by atoms with Gasteiger partial charge < -0.3 is 14.9 Å². The van der Waals surface area contributed by atoms with Gasteiger partial charge in [0, 0.05) is 30.7 Å². The third kappa shape index (κ3) is 2.35. The predicted octanol–water partition coefficient (Wildman–Crippen LogP) is 1.16. The number of carbonyl (C=O) groups is 2. The van der Waals surface area contributed by atoms with Gasteiger partial charge in [-0.2, -0.15) is 0 Å². The molecular weight excluding hydrogens is 208 g/mol. The van der Waals surface area contributed by atoms with Crippen LogP contribution < -0.4 is 0 Å². The molecule has 1 fully saturated rings. The normalized spacial score (nSPS) is 25.4. The maximum absolute atomic E-state index is 11.8. The molecule has 5 heteroatoms. The van der Waals surface area contributed by atoms with E-state index in [9.17, 15) is 9.59 Å². The molecule has 0 aromatic heterocycles. The largest absolute Gasteiger partial charge is 0.465 e. The topological polar surface area (TPSA) is 60.9 Å². The second-order valence-corrected chi connectivity index (χ2v) is 4.37. The van der Waals surface area contributed by atoms with Crippen LogP contribution in [0.1, 0.15) is 20.8 Å². The molecule has 16 heavy (non-hydrogen) atoms. The summed E-state index contributed by atoms with van der Waals surface area (Å²) in [5.41, 5.74) is 0.489. The molecule has 2 atom stereocenters. The third-order valence-corrected chi connectivity index (χ3v) is 2.86. The van der Waals surface area contributed by atoms with E-state index in [0.717, 1.165) is 0 Å². The zero-order chi connectivity index (χ0) is 12.5. The van der Waals surface area contributed by atoms with Gasteiger partial charge in [0.1, 0.15) is 0 Å². The molecule has 90 valence electrons. The monoisotopic (exact) mass is 226 g/mol. The van der Waals surface area contributed by atoms with Gasteiger partial charge in [-0.05, 0) is 20.8 Å². The van der Waals surface area contributed by atoms with E-state index in [4.69, 9.17) is 5.11 Å². The van der Waals surface area contributed by atoms with E-state index >= 15 is 0 Å². The molecule has 0 aromatic carbocycles. The highest BCUT2D eigenvalue weighted by molar-refractivity contribution is 5.92. The molecule has 1 N–H and O–H groups in total. The molecule has 0 spiro atoms. The molecule has 5 nitrogen and oxygen atoms in total. The molecule has 0 saturated carbocycles. The summed E-state index contributed by atoms with van der Waals surface area (Å²) >= 11 is 0. The van der Waals surface area contributed by atoms with E-state index in [1.54, 1.807) is 18.7 Å². The molecule has 1 aliphatic rings. The van der Waals surface area contributed by atoms with Crippen molar-refractivity contribution in [1.29, 1.82) is 0 Å². The van der Waals surface area contributed by atoms with Crippen LogP contribution in [0, 0.1) is 0 Å². The van der Waals surface area contributed by atoms with Crippen molar-refractivity contribution in [3.8, 4) is 0 Å². The van der Waals surface area contributed by atoms with Gasteiger partial charge in [0.15, 0.2) is 0 Å². The van der Waals surface area contributed by atoms with Crippen LogP contribution in [0.15, 0.2) is 12.2 Å². The minimum Gasteiger partial charge on any atom is -0.465 e. The maximum atomic E-state index is 11.8. The Hall–Kier alpha value is -1.52. The number of piperazine rings is 1. The van der Waals surface area contributed by atoms with Gasteiger partial charge in [0.2, 0.25) is 5.91 Å². The first-order chi connectivity index (χ1) is 7.34. The summed E-state index contributed by atoms with van der Waals surface area (Å²) < 4.78 is 0. The van der Waals surface area contributed by atoms with Crippen molar-refractivity contribution in [2.45, 2.75) is 32.9 Å². The average Bonchev–Trinajstić information content (AvgIpc) is 2.19. The fourth-order valence-corrected chi connectivity index (χ4v) is 1.92. The lowest BCUT2D eigenvalue weighted by atomic mass is 10.1. The van der Waals surface area contributed by atoms with E-state index in [0.29, 0.717) is 18.7 Å². The quantitative estimate of drug-likeness (QED) is 0.682. The van der Waals surface area contributed by atoms with Gasteiger partial charge in [-0.15, -0.1) is 0 Å². The Morgan fingerprint density at radius 1 is 1.19 bits per heavy atom. The van der Waals surface area contributed by atoms with Crippen molar-refractivity contribution in [3.63, 3.8) is 0 Å². The van der Waals surface area contributed by atoms with Gasteiger partial charge in [-0.25, -0.2) is 4.79 Å². The molecule has 2 unspecified atom stereocenters. The number of nitrogens with zero attached hydrogens (tertiary/aromatic N) is 2. The minimum absolute atomic E-state index is 0.0932. The van der Waals surface area contributed by atoms with Gasteiger partial charge >= 0.3 is 6.09 Å². The molecule has 0 aromatic rings. The summed E-state index contributed by atoms with van der Waals surface area (Å²) in [6.45, 7) is 9.73. The van der Waals surface area contributed by atoms with Crippen molar-refractivity contribution in [2.24, 2.45) is 0 Å². The molecule has 0 aliphatic carbocycles. The Morgan fingerprint density at radius 3 is 2.06 bits per heavy atom. The highest BCUT2D eigenvalue weighted by atomic mass is 16.4. The molecule has 1 heterocycles. The highest BCUT2D eigenvalue weighted by Crippen LogP contribution is 2.17. The van der Waals surface area contributed by atoms with Crippen LogP contribution in [-0.2, 0) is 4.79 Å². The van der Waals surface area contributed by atoms with Crippen molar-refractivity contribution in [3.05, 3.63) is 12.2 Å². The van der Waals surface area contributed by atoms with E-state index in [2.05, 4.69) is 6.58 Å². The van der Waals surface area contributed by atoms with E-state index < -0.39 is 6.09 Å². The number of carboxylic acid groups (broad SMARTS) is 1. The molecule has 0 bridgehead atoms. The first kappa shape index (κ1) is 12.5. The van der Waals surface area contributed by atoms with Crippen LogP contribution >= 0.6 is 0 Å². The zero-order valence-electron chi connectivity index (χ0n) is 9.93. The molecule has 1 aliphatic heterocycles. The fourth-order valence-electron chi connectivity index (χ4n) is 1.92. The Morgan fingerprint density at radius 2 is 1.62 bits per heavy atom. The van der Waals surface area contributed by atoms with E-state index in [1.807, 2.05) is 6.92 Å². The van der Waals surface area contributed by atoms with Crippen LogP contribution in [0.3, 0.4) is 0 Å². The van der Waals surface area contributed by atoms with Crippen molar-refractivity contribution in [1.82, 2.24) is 9.80 Å². The van der Waals surface area contributed by atoms with Crippen LogP contribution in [0.2, 0.25) is 0 Å². The Bertz CT molecular complexity index is 327. The summed E-state index contributed by atoms with van der Waals surface area (Å²) in [5, 5.41) is 8.97. The first-order valence-electron chi connectivity index (χ1n) is 5.30. The molecule has 2 amide bonds. The molecule has 1 rings (SSSR count). The van der Waals surface area contributed by atoms with Crippen LogP contribution in [0.4, 0.5) is 4.79 Å². The number of rotatable bonds is 1. The van der Waals surface area contributed by atoms with Gasteiger partial charge in [-0.3, -0.25) is 4.79 Å². The number of hydrogen-bond donors (Lipinski definition) is 1. The Balaban J connectivity index is 2.78. The zero-order valence-corrected chi connectivity index (χ0v) is 9.93. The number of amides is 2. The standard InChI is InChI=1S/C11H18N2O3/c1-7(2)10(14)12-5-9(4)13(11(15)16)6-8(12)3/h8-9H,1,5-6H2,2-4H3,(H,15,16). The smallest absolute Gasteiger partial charge is 0.407 e. The summed E-state index contributed by atoms with van der Waals surface area (Å²) in [6, 6.07) is -0.270. The Kier molecular flexibility index (Phi) is 3.57. The summed E-state index contributed by atoms with van der Waals surface area (Å²) in [6.07, 6.45) is -0.929. The Labute approximate surface area is 95.3 Å². The minimum atomic E-state index is -0.929. The number of hydrogen-bond acceptors (Lipinski definition) is 2. The lowest BCUT2D eigenvalue weighted by Gasteiger charge is -2.42. The predicted molar refractivity (Wildman–Crippen MR) is 60.2 cm³/mol. The fraction of sp³-hybridized carbons (Fsp3) is 0.636. The van der Waals surface area contributed by atoms with Gasteiger partial charge in [-0.1, -0.05) is 6.58 Å². The number of carbonyl (C=O) groups excluding carboxylic acids is 1. The second-order valence-electron chi connectivity index (χ2n) is 4.37. The van der Waals surface area contributed by atoms with Crippen molar-refractivity contribution < 1.29 is 14.7 Å².